The van der Waals surface area contributed by atoms with Crippen molar-refractivity contribution in [3.8, 4) is 17.2 Å². The summed E-state index contributed by atoms with van der Waals surface area (Å²) in [5.41, 5.74) is 3.98. The van der Waals surface area contributed by atoms with E-state index in [1.54, 1.807) is 24.3 Å². The summed E-state index contributed by atoms with van der Waals surface area (Å²) in [7, 11) is 0. The third kappa shape index (κ3) is 15.3. The molecule has 3 aromatic carbocycles. The number of rotatable bonds is 10. The van der Waals surface area contributed by atoms with Crippen molar-refractivity contribution in [2.75, 3.05) is 6.79 Å². The zero-order valence-electron chi connectivity index (χ0n) is 28.6. The molecule has 0 spiro atoms. The Morgan fingerprint density at radius 1 is 0.510 bits per heavy atom. The molecule has 3 atom stereocenters. The lowest BCUT2D eigenvalue weighted by molar-refractivity contribution is -0.155. The Bertz CT molecular complexity index is 1170. The van der Waals surface area contributed by atoms with Gasteiger partial charge in [0.05, 0.1) is 6.10 Å². The van der Waals surface area contributed by atoms with E-state index < -0.39 is 0 Å². The molecule has 0 saturated heterocycles. The molecule has 3 aromatic rings. The van der Waals surface area contributed by atoms with Crippen LogP contribution in [-0.2, 0) is 4.74 Å². The van der Waals surface area contributed by atoms with Crippen LogP contribution in [0.3, 0.4) is 0 Å². The van der Waals surface area contributed by atoms with Gasteiger partial charge >= 0.3 is 0 Å². The zero-order valence-corrected chi connectivity index (χ0v) is 28.6. The predicted octanol–water partition coefficient (Wildman–Crippen LogP) is 15.0. The lowest BCUT2D eigenvalue weighted by atomic mass is 9.55. The minimum Gasteiger partial charge on any atom is -0.508 e. The number of phenolic OH excluding ortho intramolecular Hbond substituents is 2. The van der Waals surface area contributed by atoms with Gasteiger partial charge in [-0.1, -0.05) is 123 Å². The van der Waals surface area contributed by atoms with E-state index in [-0.39, 0.29) is 44.6 Å². The fraction of sp³-hybridized carbons (Fsp3) is 0.617. The first-order chi connectivity index (χ1) is 21.7. The number of hydrogen-bond acceptors (Lipinski definition) is 4. The van der Waals surface area contributed by atoms with Crippen LogP contribution in [-0.4, -0.2) is 23.1 Å². The van der Waals surface area contributed by atoms with Crippen LogP contribution >= 0.6 is 0 Å². The Morgan fingerprint density at radius 2 is 0.824 bits per heavy atom. The average Bonchev–Trinajstić information content (AvgIpc) is 3.06. The topological polar surface area (TPSA) is 58.9 Å². The molecule has 0 amide bonds. The van der Waals surface area contributed by atoms with E-state index >= 15 is 0 Å². The summed E-state index contributed by atoms with van der Waals surface area (Å²) in [6, 6.07) is 23.4. The smallest absolute Gasteiger partial charge is 0.189 e. The van der Waals surface area contributed by atoms with E-state index in [2.05, 4.69) is 65.8 Å². The third-order valence-corrected chi connectivity index (χ3v) is 10.8. The zero-order chi connectivity index (χ0) is 32.3. The van der Waals surface area contributed by atoms with Crippen LogP contribution in [0.25, 0.3) is 0 Å². The first-order valence-corrected chi connectivity index (χ1v) is 17.6. The minimum atomic E-state index is 0. The highest BCUT2D eigenvalue weighted by Crippen LogP contribution is 2.54. The first-order valence-electron chi connectivity index (χ1n) is 17.6. The van der Waals surface area contributed by atoms with Gasteiger partial charge < -0.3 is 19.7 Å². The maximum Gasteiger partial charge on any atom is 0.189 e. The number of aromatic hydroxyl groups is 2. The van der Waals surface area contributed by atoms with Crippen molar-refractivity contribution in [3.05, 3.63) is 89.5 Å². The van der Waals surface area contributed by atoms with Crippen molar-refractivity contribution >= 4 is 0 Å². The van der Waals surface area contributed by atoms with Crippen LogP contribution in [0, 0.1) is 23.7 Å². The summed E-state index contributed by atoms with van der Waals surface area (Å²) in [5, 5.41) is 18.0. The monoisotopic (exact) mass is 711 g/mol. The molecule has 7 rings (SSSR count). The molecule has 0 aromatic heterocycles. The Balaban J connectivity index is -0.000000710. The molecule has 4 saturated carbocycles. The number of hydrogen-bond donors (Lipinski definition) is 2. The third-order valence-electron chi connectivity index (χ3n) is 10.8. The molecule has 4 fully saturated rings. The van der Waals surface area contributed by atoms with Gasteiger partial charge in [0, 0.05) is 0 Å². The van der Waals surface area contributed by atoms with Crippen molar-refractivity contribution in [2.24, 2.45) is 23.7 Å². The summed E-state index contributed by atoms with van der Waals surface area (Å²) in [6.07, 6.45) is 11.0. The Hall–Kier alpha value is -2.98. The van der Waals surface area contributed by atoms with Crippen molar-refractivity contribution in [1.29, 1.82) is 0 Å². The van der Waals surface area contributed by atoms with Gasteiger partial charge in [0.15, 0.2) is 6.79 Å². The quantitative estimate of drug-likeness (QED) is 0.206. The fourth-order valence-corrected chi connectivity index (χ4v) is 7.53. The summed E-state index contributed by atoms with van der Waals surface area (Å²) < 4.78 is 12.1. The van der Waals surface area contributed by atoms with Crippen LogP contribution in [0.15, 0.2) is 72.8 Å². The maximum atomic E-state index is 9.01. The molecule has 4 aliphatic carbocycles. The predicted molar refractivity (Wildman–Crippen MR) is 227 cm³/mol. The summed E-state index contributed by atoms with van der Waals surface area (Å²) in [5.74, 6) is 7.05. The number of benzene rings is 3. The molecule has 4 bridgehead atoms. The molecule has 0 aliphatic heterocycles. The second-order valence-electron chi connectivity index (χ2n) is 14.0. The van der Waals surface area contributed by atoms with Gasteiger partial charge in [-0.15, -0.1) is 0 Å². The minimum absolute atomic E-state index is 0. The fourth-order valence-electron chi connectivity index (χ4n) is 7.53. The van der Waals surface area contributed by atoms with E-state index in [9.17, 15) is 0 Å². The van der Waals surface area contributed by atoms with Gasteiger partial charge in [-0.2, -0.15) is 0 Å². The number of ether oxygens (including phenoxy) is 2. The van der Waals surface area contributed by atoms with Crippen LogP contribution in [0.5, 0.6) is 17.2 Å². The lowest BCUT2D eigenvalue weighted by Gasteiger charge is -2.53. The van der Waals surface area contributed by atoms with Gasteiger partial charge in [-0.25, -0.2) is 0 Å². The molecule has 51 heavy (non-hydrogen) atoms. The molecular weight excluding hydrogens is 629 g/mol. The summed E-state index contributed by atoms with van der Waals surface area (Å²) in [6.45, 7) is 13.6. The Labute approximate surface area is 317 Å². The van der Waals surface area contributed by atoms with E-state index in [0.717, 1.165) is 42.3 Å². The Kier molecular flexibility index (Phi) is 26.6. The molecule has 294 valence electrons. The van der Waals surface area contributed by atoms with Gasteiger partial charge in [0.1, 0.15) is 17.2 Å². The molecule has 4 nitrogen and oxygen atoms in total. The number of phenols is 2. The van der Waals surface area contributed by atoms with Crippen molar-refractivity contribution < 1.29 is 19.7 Å². The average molecular weight is 711 g/mol. The lowest BCUT2D eigenvalue weighted by Crippen LogP contribution is -2.49. The largest absolute Gasteiger partial charge is 0.508 e. The van der Waals surface area contributed by atoms with Gasteiger partial charge in [0.25, 0.3) is 0 Å². The van der Waals surface area contributed by atoms with Crippen LogP contribution in [0.1, 0.15) is 172 Å². The van der Waals surface area contributed by atoms with Crippen LogP contribution in [0.4, 0.5) is 0 Å². The Morgan fingerprint density at radius 3 is 1.14 bits per heavy atom. The van der Waals surface area contributed by atoms with Crippen molar-refractivity contribution in [3.63, 3.8) is 0 Å². The normalized spacial score (nSPS) is 21.9. The van der Waals surface area contributed by atoms with E-state index in [1.807, 2.05) is 24.3 Å². The maximum absolute atomic E-state index is 9.01. The van der Waals surface area contributed by atoms with Crippen LogP contribution < -0.4 is 4.74 Å². The molecule has 3 unspecified atom stereocenters. The molecule has 2 N–H and O–H groups in total. The van der Waals surface area contributed by atoms with E-state index in [4.69, 9.17) is 19.7 Å². The molecule has 0 heterocycles. The highest BCUT2D eigenvalue weighted by atomic mass is 16.7. The first kappa shape index (κ1) is 52.4. The summed E-state index contributed by atoms with van der Waals surface area (Å²) >= 11 is 0. The van der Waals surface area contributed by atoms with Crippen molar-refractivity contribution in [2.45, 2.75) is 161 Å². The SMILES string of the molecule is C.C.C.C.C.C.CCC(C)c1ccc(O)cc1.CCC(C)c1ccc(O)cc1.CCC(C)c1ccc(OCOC2C3CC4CC(C3)CC2C4)cc1. The molecule has 0 radical (unpaired) electrons. The molecule has 4 heteroatoms. The van der Waals surface area contributed by atoms with E-state index in [0.29, 0.717) is 42.1 Å². The van der Waals surface area contributed by atoms with Gasteiger partial charge in [-0.05, 0) is 146 Å². The highest BCUT2D eigenvalue weighted by Gasteiger charge is 2.48. The van der Waals surface area contributed by atoms with Crippen molar-refractivity contribution in [1.82, 2.24) is 0 Å². The summed E-state index contributed by atoms with van der Waals surface area (Å²) in [4.78, 5) is 0. The molecular formula is C47H82O4. The van der Waals surface area contributed by atoms with Crippen LogP contribution in [0.2, 0.25) is 0 Å². The standard InChI is InChI=1S/C21H30O2.2C10H14O.6CH4/c1-3-14(2)17-4-6-20(7-5-17)22-13-23-21-18-9-15-8-16(11-18)12-19(21)10-15;2*1-3-8(2)9-4-6-10(11)7-5-9;;;;;;/h4-7,14-16,18-19,21H,3,8-13H2,1-2H3;2*4-8,11H,3H2,1-2H3;6*1H4. The van der Waals surface area contributed by atoms with E-state index in [1.165, 1.54) is 55.2 Å². The van der Waals surface area contributed by atoms with Gasteiger partial charge in [0.2, 0.25) is 0 Å². The second-order valence-corrected chi connectivity index (χ2v) is 14.0. The highest BCUT2D eigenvalue weighted by molar-refractivity contribution is 5.30. The second kappa shape index (κ2) is 25.9. The molecule has 4 aliphatic rings. The van der Waals surface area contributed by atoms with Gasteiger partial charge in [-0.3, -0.25) is 0 Å².